The largest absolute Gasteiger partial charge is 0.493 e. The predicted octanol–water partition coefficient (Wildman–Crippen LogP) is 1.94. The number of hydrogen-bond donors (Lipinski definition) is 1. The van der Waals surface area contributed by atoms with E-state index in [1.54, 1.807) is 37.2 Å². The van der Waals surface area contributed by atoms with Gasteiger partial charge in [-0.15, -0.1) is 0 Å². The van der Waals surface area contributed by atoms with Crippen LogP contribution in [0.25, 0.3) is 0 Å². The Morgan fingerprint density at radius 1 is 1.21 bits per heavy atom. The predicted molar refractivity (Wildman–Crippen MR) is 71.5 cm³/mol. The van der Waals surface area contributed by atoms with E-state index in [9.17, 15) is 5.11 Å². The Labute approximate surface area is 112 Å². The summed E-state index contributed by atoms with van der Waals surface area (Å²) < 4.78 is 12.2. The molecule has 1 unspecified atom stereocenters. The number of hydrogen-bond acceptors (Lipinski definition) is 4. The van der Waals surface area contributed by atoms with Gasteiger partial charge in [-0.2, -0.15) is 5.10 Å². The van der Waals surface area contributed by atoms with Crippen LogP contribution in [0.1, 0.15) is 17.4 Å². The Morgan fingerprint density at radius 3 is 2.53 bits per heavy atom. The monoisotopic (exact) mass is 262 g/mol. The zero-order chi connectivity index (χ0) is 13.8. The first-order chi connectivity index (χ1) is 9.15. The molecular weight excluding hydrogens is 244 g/mol. The third kappa shape index (κ3) is 2.88. The molecule has 0 saturated heterocycles. The van der Waals surface area contributed by atoms with Gasteiger partial charge in [-0.05, 0) is 30.7 Å². The number of aryl methyl sites for hydroxylation is 1. The lowest BCUT2D eigenvalue weighted by molar-refractivity contribution is 0.150. The lowest BCUT2D eigenvalue weighted by Crippen LogP contribution is -2.11. The maximum atomic E-state index is 10.2. The summed E-state index contributed by atoms with van der Waals surface area (Å²) in [5.74, 6) is 1.25. The first-order valence-electron chi connectivity index (χ1n) is 6.04. The number of aliphatic hydroxyl groups is 1. The molecule has 0 aliphatic rings. The average Bonchev–Trinajstić information content (AvgIpc) is 2.83. The molecule has 0 spiro atoms. The van der Waals surface area contributed by atoms with E-state index >= 15 is 0 Å². The maximum Gasteiger partial charge on any atom is 0.161 e. The lowest BCUT2D eigenvalue weighted by atomic mass is 10.1. The summed E-state index contributed by atoms with van der Waals surface area (Å²) in [5, 5.41) is 14.4. The van der Waals surface area contributed by atoms with Crippen LogP contribution in [-0.2, 0) is 6.54 Å². The molecule has 0 aliphatic heterocycles. The Balaban J connectivity index is 2.19. The zero-order valence-corrected chi connectivity index (χ0v) is 11.3. The second kappa shape index (κ2) is 5.75. The lowest BCUT2D eigenvalue weighted by Gasteiger charge is -2.15. The van der Waals surface area contributed by atoms with Gasteiger partial charge in [0.05, 0.1) is 26.9 Å². The van der Waals surface area contributed by atoms with E-state index in [1.165, 1.54) is 0 Å². The average molecular weight is 262 g/mol. The van der Waals surface area contributed by atoms with Crippen LogP contribution < -0.4 is 9.47 Å². The van der Waals surface area contributed by atoms with Crippen LogP contribution in [-0.4, -0.2) is 29.1 Å². The Morgan fingerprint density at radius 2 is 1.95 bits per heavy atom. The molecular formula is C14H18N2O3. The van der Waals surface area contributed by atoms with Crippen molar-refractivity contribution >= 4 is 0 Å². The van der Waals surface area contributed by atoms with Crippen molar-refractivity contribution in [2.24, 2.45) is 0 Å². The highest BCUT2D eigenvalue weighted by Gasteiger charge is 2.13. The number of methoxy groups -OCH3 is 2. The van der Waals surface area contributed by atoms with Crippen LogP contribution >= 0.6 is 0 Å². The summed E-state index contributed by atoms with van der Waals surface area (Å²) in [6, 6.07) is 7.29. The van der Waals surface area contributed by atoms with Crippen LogP contribution in [0.3, 0.4) is 0 Å². The standard InChI is InChI=1S/C14H18N2O3/c1-10-6-7-15-16(10)9-12(17)11-4-5-13(18-2)14(8-11)19-3/h4-8,12,17H,9H2,1-3H3. The fraction of sp³-hybridized carbons (Fsp3) is 0.357. The number of nitrogens with zero attached hydrogens (tertiary/aromatic N) is 2. The van der Waals surface area contributed by atoms with Crippen LogP contribution in [0.4, 0.5) is 0 Å². The quantitative estimate of drug-likeness (QED) is 0.894. The summed E-state index contributed by atoms with van der Waals surface area (Å²) in [6.45, 7) is 2.36. The Hall–Kier alpha value is -2.01. The van der Waals surface area contributed by atoms with Gasteiger partial charge in [-0.25, -0.2) is 0 Å². The second-order valence-corrected chi connectivity index (χ2v) is 4.28. The fourth-order valence-electron chi connectivity index (χ4n) is 1.92. The van der Waals surface area contributed by atoms with Gasteiger partial charge in [0.15, 0.2) is 11.5 Å². The van der Waals surface area contributed by atoms with E-state index in [4.69, 9.17) is 9.47 Å². The number of aromatic nitrogens is 2. The van der Waals surface area contributed by atoms with Gasteiger partial charge in [0, 0.05) is 11.9 Å². The highest BCUT2D eigenvalue weighted by Crippen LogP contribution is 2.30. The Kier molecular flexibility index (Phi) is 4.06. The molecule has 0 aliphatic carbocycles. The summed E-state index contributed by atoms with van der Waals surface area (Å²) in [6.07, 6.45) is 1.08. The SMILES string of the molecule is COc1ccc(C(O)Cn2nccc2C)cc1OC. The number of rotatable bonds is 5. The first-order valence-corrected chi connectivity index (χ1v) is 6.04. The van der Waals surface area contributed by atoms with Crippen molar-refractivity contribution in [1.82, 2.24) is 9.78 Å². The van der Waals surface area contributed by atoms with E-state index in [0.29, 0.717) is 18.0 Å². The molecule has 5 nitrogen and oxygen atoms in total. The first kappa shape index (κ1) is 13.4. The van der Waals surface area contributed by atoms with Crippen LogP contribution in [0.15, 0.2) is 30.5 Å². The number of benzene rings is 1. The molecule has 1 aromatic carbocycles. The van der Waals surface area contributed by atoms with Gasteiger partial charge in [0.25, 0.3) is 0 Å². The van der Waals surface area contributed by atoms with Gasteiger partial charge in [-0.3, -0.25) is 4.68 Å². The van der Waals surface area contributed by atoms with Crippen molar-refractivity contribution in [1.29, 1.82) is 0 Å². The Bertz CT molecular complexity index is 551. The molecule has 1 aromatic heterocycles. The zero-order valence-electron chi connectivity index (χ0n) is 11.3. The van der Waals surface area contributed by atoms with Crippen molar-refractivity contribution < 1.29 is 14.6 Å². The van der Waals surface area contributed by atoms with Crippen LogP contribution in [0.5, 0.6) is 11.5 Å². The van der Waals surface area contributed by atoms with Crippen molar-refractivity contribution in [2.75, 3.05) is 14.2 Å². The minimum atomic E-state index is -0.640. The topological polar surface area (TPSA) is 56.5 Å². The second-order valence-electron chi connectivity index (χ2n) is 4.28. The molecule has 2 rings (SSSR count). The van der Waals surface area contributed by atoms with Gasteiger partial charge >= 0.3 is 0 Å². The molecule has 5 heteroatoms. The molecule has 1 heterocycles. The van der Waals surface area contributed by atoms with Crippen LogP contribution in [0, 0.1) is 6.92 Å². The van der Waals surface area contributed by atoms with Gasteiger partial charge < -0.3 is 14.6 Å². The highest BCUT2D eigenvalue weighted by atomic mass is 16.5. The highest BCUT2D eigenvalue weighted by molar-refractivity contribution is 5.43. The molecule has 0 amide bonds. The van der Waals surface area contributed by atoms with Crippen molar-refractivity contribution in [3.05, 3.63) is 41.7 Å². The number of aliphatic hydroxyl groups excluding tert-OH is 1. The smallest absolute Gasteiger partial charge is 0.161 e. The summed E-state index contributed by atoms with van der Waals surface area (Å²) in [4.78, 5) is 0. The molecule has 1 N–H and O–H groups in total. The van der Waals surface area contributed by atoms with E-state index in [-0.39, 0.29) is 0 Å². The molecule has 1 atom stereocenters. The van der Waals surface area contributed by atoms with E-state index in [1.807, 2.05) is 19.1 Å². The summed E-state index contributed by atoms with van der Waals surface area (Å²) in [7, 11) is 3.16. The van der Waals surface area contributed by atoms with Crippen molar-refractivity contribution in [3.63, 3.8) is 0 Å². The molecule has 2 aromatic rings. The van der Waals surface area contributed by atoms with Crippen molar-refractivity contribution in [3.8, 4) is 11.5 Å². The molecule has 0 bridgehead atoms. The van der Waals surface area contributed by atoms with E-state index < -0.39 is 6.10 Å². The molecule has 0 radical (unpaired) electrons. The van der Waals surface area contributed by atoms with Gasteiger partial charge in [-0.1, -0.05) is 6.07 Å². The molecule has 102 valence electrons. The van der Waals surface area contributed by atoms with Gasteiger partial charge in [0.2, 0.25) is 0 Å². The van der Waals surface area contributed by atoms with E-state index in [0.717, 1.165) is 11.3 Å². The normalized spacial score (nSPS) is 12.2. The van der Waals surface area contributed by atoms with E-state index in [2.05, 4.69) is 5.10 Å². The summed E-state index contributed by atoms with van der Waals surface area (Å²) >= 11 is 0. The van der Waals surface area contributed by atoms with Crippen molar-refractivity contribution in [2.45, 2.75) is 19.6 Å². The molecule has 19 heavy (non-hydrogen) atoms. The minimum absolute atomic E-state index is 0.411. The maximum absolute atomic E-state index is 10.2. The minimum Gasteiger partial charge on any atom is -0.493 e. The number of ether oxygens (including phenoxy) is 2. The van der Waals surface area contributed by atoms with Gasteiger partial charge in [0.1, 0.15) is 0 Å². The third-order valence-corrected chi connectivity index (χ3v) is 3.07. The molecule has 0 fully saturated rings. The third-order valence-electron chi connectivity index (χ3n) is 3.07. The molecule has 0 saturated carbocycles. The summed E-state index contributed by atoms with van der Waals surface area (Å²) in [5.41, 5.74) is 1.78. The van der Waals surface area contributed by atoms with Crippen LogP contribution in [0.2, 0.25) is 0 Å². The fourth-order valence-corrected chi connectivity index (χ4v) is 1.92.